The lowest BCUT2D eigenvalue weighted by Crippen LogP contribution is -2.24. The van der Waals surface area contributed by atoms with Gasteiger partial charge in [0.15, 0.2) is 0 Å². The third-order valence-electron chi connectivity index (χ3n) is 2.75. The number of hydrogen-bond donors (Lipinski definition) is 1. The number of hydrogen-bond acceptors (Lipinski definition) is 2. The van der Waals surface area contributed by atoms with Gasteiger partial charge in [-0.25, -0.2) is 4.39 Å². The first-order valence-electron chi connectivity index (χ1n) is 5.92. The fraction of sp³-hybridized carbons (Fsp3) is 0.214. The number of pyridine rings is 1. The van der Waals surface area contributed by atoms with Gasteiger partial charge < -0.3 is 5.32 Å². The first kappa shape index (κ1) is 14.4. The topological polar surface area (TPSA) is 24.9 Å². The quantitative estimate of drug-likeness (QED) is 0.893. The lowest BCUT2D eigenvalue weighted by Gasteiger charge is -2.19. The van der Waals surface area contributed by atoms with E-state index in [1.165, 1.54) is 0 Å². The van der Waals surface area contributed by atoms with E-state index in [1.807, 2.05) is 13.0 Å². The van der Waals surface area contributed by atoms with Gasteiger partial charge in [-0.15, -0.1) is 0 Å². The Morgan fingerprint density at radius 2 is 2.16 bits per heavy atom. The molecule has 1 N–H and O–H groups in total. The summed E-state index contributed by atoms with van der Waals surface area (Å²) >= 11 is 9.04. The van der Waals surface area contributed by atoms with Crippen molar-refractivity contribution >= 4 is 27.5 Å². The maximum Gasteiger partial charge on any atom is 0.142 e. The number of benzene rings is 1. The second-order valence-corrected chi connectivity index (χ2v) is 5.33. The van der Waals surface area contributed by atoms with E-state index in [0.717, 1.165) is 5.69 Å². The molecule has 1 atom stereocenters. The van der Waals surface area contributed by atoms with Gasteiger partial charge in [-0.2, -0.15) is 0 Å². The summed E-state index contributed by atoms with van der Waals surface area (Å²) in [5.74, 6) is -0.273. The first-order valence-corrected chi connectivity index (χ1v) is 7.09. The number of nitrogens with zero attached hydrogens (tertiary/aromatic N) is 1. The molecular weight excluding hydrogens is 331 g/mol. The van der Waals surface area contributed by atoms with Gasteiger partial charge >= 0.3 is 0 Å². The van der Waals surface area contributed by atoms with Gasteiger partial charge in [-0.3, -0.25) is 4.98 Å². The van der Waals surface area contributed by atoms with Crippen LogP contribution in [0.3, 0.4) is 0 Å². The molecule has 0 radical (unpaired) electrons. The molecule has 0 amide bonds. The Hall–Kier alpha value is -0.970. The van der Waals surface area contributed by atoms with Crippen LogP contribution < -0.4 is 5.32 Å². The third kappa shape index (κ3) is 3.32. The Morgan fingerprint density at radius 1 is 1.37 bits per heavy atom. The highest BCUT2D eigenvalue weighted by molar-refractivity contribution is 9.10. The minimum atomic E-state index is -0.292. The fourth-order valence-electron chi connectivity index (χ4n) is 1.88. The van der Waals surface area contributed by atoms with E-state index in [0.29, 0.717) is 21.6 Å². The van der Waals surface area contributed by atoms with Gasteiger partial charge in [0, 0.05) is 11.8 Å². The van der Waals surface area contributed by atoms with E-state index in [4.69, 9.17) is 11.6 Å². The molecule has 0 saturated carbocycles. The van der Waals surface area contributed by atoms with Crippen LogP contribution >= 0.6 is 27.5 Å². The molecule has 0 spiro atoms. The summed E-state index contributed by atoms with van der Waals surface area (Å²) in [5, 5.41) is 3.80. The number of aromatic nitrogens is 1. The summed E-state index contributed by atoms with van der Waals surface area (Å²) in [5.41, 5.74) is 1.30. The van der Waals surface area contributed by atoms with Gasteiger partial charge in [-0.05, 0) is 40.7 Å². The van der Waals surface area contributed by atoms with E-state index in [1.54, 1.807) is 30.5 Å². The van der Waals surface area contributed by atoms with Crippen LogP contribution in [0.25, 0.3) is 0 Å². The van der Waals surface area contributed by atoms with Crippen molar-refractivity contribution in [3.63, 3.8) is 0 Å². The van der Waals surface area contributed by atoms with E-state index in [9.17, 15) is 4.39 Å². The van der Waals surface area contributed by atoms with Crippen LogP contribution in [0.4, 0.5) is 4.39 Å². The van der Waals surface area contributed by atoms with Gasteiger partial charge in [-0.1, -0.05) is 30.7 Å². The summed E-state index contributed by atoms with van der Waals surface area (Å²) in [6.45, 7) is 2.68. The molecule has 100 valence electrons. The second kappa shape index (κ2) is 6.46. The number of halogens is 3. The van der Waals surface area contributed by atoms with Crippen molar-refractivity contribution in [2.75, 3.05) is 6.54 Å². The molecule has 2 nitrogen and oxygen atoms in total. The largest absolute Gasteiger partial charge is 0.305 e. The van der Waals surface area contributed by atoms with E-state index in [-0.39, 0.29) is 11.9 Å². The average molecular weight is 344 g/mol. The zero-order valence-electron chi connectivity index (χ0n) is 10.3. The highest BCUT2D eigenvalue weighted by Crippen LogP contribution is 2.27. The van der Waals surface area contributed by atoms with Gasteiger partial charge in [0.1, 0.15) is 5.82 Å². The third-order valence-corrected chi connectivity index (χ3v) is 3.58. The minimum absolute atomic E-state index is 0.273. The van der Waals surface area contributed by atoms with Crippen molar-refractivity contribution in [3.05, 3.63) is 63.1 Å². The molecule has 1 aromatic carbocycles. The molecular formula is C14H13BrClFN2. The second-order valence-electron chi connectivity index (χ2n) is 4.04. The van der Waals surface area contributed by atoms with Crippen LogP contribution in [0, 0.1) is 5.82 Å². The van der Waals surface area contributed by atoms with E-state index in [2.05, 4.69) is 26.2 Å². The van der Waals surface area contributed by atoms with Crippen LogP contribution in [-0.4, -0.2) is 11.5 Å². The predicted octanol–water partition coefficient (Wildman–Crippen LogP) is 4.34. The van der Waals surface area contributed by atoms with Crippen molar-refractivity contribution in [2.24, 2.45) is 0 Å². The van der Waals surface area contributed by atoms with Crippen molar-refractivity contribution in [3.8, 4) is 0 Å². The maximum atomic E-state index is 14.2. The molecule has 2 aromatic rings. The molecule has 0 aliphatic carbocycles. The van der Waals surface area contributed by atoms with Gasteiger partial charge in [0.25, 0.3) is 0 Å². The van der Waals surface area contributed by atoms with E-state index >= 15 is 0 Å². The molecule has 0 fully saturated rings. The monoisotopic (exact) mass is 342 g/mol. The summed E-state index contributed by atoms with van der Waals surface area (Å²) in [7, 11) is 0. The maximum absolute atomic E-state index is 14.2. The van der Waals surface area contributed by atoms with Crippen molar-refractivity contribution in [1.82, 2.24) is 10.3 Å². The highest BCUT2D eigenvalue weighted by Gasteiger charge is 2.19. The molecule has 0 saturated heterocycles. The molecule has 5 heteroatoms. The highest BCUT2D eigenvalue weighted by atomic mass is 79.9. The Kier molecular flexibility index (Phi) is 4.91. The smallest absolute Gasteiger partial charge is 0.142 e. The molecule has 0 aliphatic rings. The van der Waals surface area contributed by atoms with Crippen molar-refractivity contribution in [2.45, 2.75) is 13.0 Å². The SMILES string of the molecule is CCNC(c1ccc(Cl)cn1)c1cccc(Br)c1F. The zero-order valence-corrected chi connectivity index (χ0v) is 12.7. The summed E-state index contributed by atoms with van der Waals surface area (Å²) in [4.78, 5) is 4.27. The van der Waals surface area contributed by atoms with Crippen LogP contribution in [-0.2, 0) is 0 Å². The Bertz CT molecular complexity index is 560. The molecule has 0 bridgehead atoms. The lowest BCUT2D eigenvalue weighted by atomic mass is 10.0. The van der Waals surface area contributed by atoms with Crippen molar-refractivity contribution in [1.29, 1.82) is 0 Å². The Labute approximate surface area is 125 Å². The summed E-state index contributed by atoms with van der Waals surface area (Å²) in [6.07, 6.45) is 1.57. The standard InChI is InChI=1S/C14H13BrClFN2/c1-2-18-14(12-7-6-9(16)8-19-12)10-4-3-5-11(15)13(10)17/h3-8,14,18H,2H2,1H3. The van der Waals surface area contributed by atoms with Gasteiger partial charge in [0.2, 0.25) is 0 Å². The molecule has 1 aromatic heterocycles. The zero-order chi connectivity index (χ0) is 13.8. The molecule has 0 aliphatic heterocycles. The normalized spacial score (nSPS) is 12.4. The minimum Gasteiger partial charge on any atom is -0.305 e. The number of nitrogens with one attached hydrogen (secondary N) is 1. The average Bonchev–Trinajstić information content (AvgIpc) is 2.41. The Morgan fingerprint density at radius 3 is 2.79 bits per heavy atom. The molecule has 2 rings (SSSR count). The molecule has 1 unspecified atom stereocenters. The first-order chi connectivity index (χ1) is 9.13. The fourth-order valence-corrected chi connectivity index (χ4v) is 2.37. The van der Waals surface area contributed by atoms with Crippen LogP contribution in [0.2, 0.25) is 5.02 Å². The van der Waals surface area contributed by atoms with Gasteiger partial charge in [0.05, 0.1) is 21.2 Å². The molecule has 1 heterocycles. The number of rotatable bonds is 4. The Balaban J connectivity index is 2.45. The summed E-state index contributed by atoms with van der Waals surface area (Å²) < 4.78 is 14.6. The van der Waals surface area contributed by atoms with Crippen LogP contribution in [0.5, 0.6) is 0 Å². The molecule has 19 heavy (non-hydrogen) atoms. The lowest BCUT2D eigenvalue weighted by molar-refractivity contribution is 0.548. The van der Waals surface area contributed by atoms with Crippen LogP contribution in [0.1, 0.15) is 24.2 Å². The van der Waals surface area contributed by atoms with E-state index < -0.39 is 0 Å². The summed E-state index contributed by atoms with van der Waals surface area (Å²) in [6, 6.07) is 8.50. The van der Waals surface area contributed by atoms with Crippen LogP contribution in [0.15, 0.2) is 41.0 Å². The van der Waals surface area contributed by atoms with Crippen molar-refractivity contribution < 1.29 is 4.39 Å². The predicted molar refractivity (Wildman–Crippen MR) is 78.9 cm³/mol.